The van der Waals surface area contributed by atoms with Gasteiger partial charge >= 0.3 is 0 Å². The van der Waals surface area contributed by atoms with E-state index in [2.05, 4.69) is 51.8 Å². The molecule has 0 fully saturated rings. The molecule has 1 aromatic carbocycles. The van der Waals surface area contributed by atoms with E-state index < -0.39 is 0 Å². The molecule has 0 aliphatic carbocycles. The molecule has 0 bridgehead atoms. The second-order valence-electron chi connectivity index (χ2n) is 5.82. The molecule has 0 radical (unpaired) electrons. The van der Waals surface area contributed by atoms with Crippen molar-refractivity contribution in [3.8, 4) is 0 Å². The van der Waals surface area contributed by atoms with Gasteiger partial charge in [-0.15, -0.1) is 15.3 Å². The molecule has 0 unspecified atom stereocenters. The Balaban J connectivity index is 1.61. The molecular formula is C16H20N6S. The van der Waals surface area contributed by atoms with Crippen LogP contribution in [0.2, 0.25) is 0 Å². The first-order valence-electron chi connectivity index (χ1n) is 7.68. The highest BCUT2D eigenvalue weighted by atomic mass is 32.1. The molecular weight excluding hydrogens is 308 g/mol. The molecule has 1 N–H and O–H groups in total. The van der Waals surface area contributed by atoms with E-state index in [0.29, 0.717) is 19.0 Å². The molecule has 0 saturated carbocycles. The smallest absolute Gasteiger partial charge is 0.205 e. The Morgan fingerprint density at radius 3 is 2.78 bits per heavy atom. The lowest BCUT2D eigenvalue weighted by Gasteiger charge is -2.06. The highest BCUT2D eigenvalue weighted by Gasteiger charge is 2.08. The highest BCUT2D eigenvalue weighted by molar-refractivity contribution is 7.15. The van der Waals surface area contributed by atoms with E-state index in [9.17, 15) is 0 Å². The number of benzene rings is 1. The van der Waals surface area contributed by atoms with Crippen molar-refractivity contribution < 1.29 is 0 Å². The number of hydrogen-bond acceptors (Lipinski definition) is 6. The number of nitrogens with zero attached hydrogens (tertiary/aromatic N) is 5. The summed E-state index contributed by atoms with van der Waals surface area (Å²) >= 11 is 1.61. The van der Waals surface area contributed by atoms with E-state index in [-0.39, 0.29) is 0 Å². The van der Waals surface area contributed by atoms with Gasteiger partial charge in [-0.25, -0.2) is 4.68 Å². The van der Waals surface area contributed by atoms with Gasteiger partial charge < -0.3 is 5.32 Å². The number of aromatic nitrogens is 5. The Morgan fingerprint density at radius 1 is 1.17 bits per heavy atom. The van der Waals surface area contributed by atoms with Gasteiger partial charge in [-0.1, -0.05) is 60.7 Å². The van der Waals surface area contributed by atoms with E-state index in [1.807, 2.05) is 22.9 Å². The van der Waals surface area contributed by atoms with Crippen LogP contribution in [-0.2, 0) is 19.5 Å². The first-order chi connectivity index (χ1) is 11.2. The standard InChI is InChI=1S/C16H20N6S/c1-12(2)8-15-19-20-16(23-15)17-9-14-10-18-21-22(14)11-13-6-4-3-5-7-13/h3-7,10,12H,8-9,11H2,1-2H3,(H,17,20). The molecule has 23 heavy (non-hydrogen) atoms. The van der Waals surface area contributed by atoms with Crippen LogP contribution in [0.5, 0.6) is 0 Å². The van der Waals surface area contributed by atoms with Crippen molar-refractivity contribution in [2.75, 3.05) is 5.32 Å². The molecule has 2 aromatic heterocycles. The number of nitrogens with one attached hydrogen (secondary N) is 1. The van der Waals surface area contributed by atoms with Crippen LogP contribution < -0.4 is 5.32 Å². The maximum Gasteiger partial charge on any atom is 0.205 e. The fourth-order valence-corrected chi connectivity index (χ4v) is 3.18. The summed E-state index contributed by atoms with van der Waals surface area (Å²) in [6.07, 6.45) is 2.75. The normalized spacial score (nSPS) is 11.1. The molecule has 7 heteroatoms. The zero-order valence-corrected chi connectivity index (χ0v) is 14.1. The van der Waals surface area contributed by atoms with Gasteiger partial charge in [0.2, 0.25) is 5.13 Å². The molecule has 0 saturated heterocycles. The van der Waals surface area contributed by atoms with Crippen LogP contribution in [0, 0.1) is 5.92 Å². The molecule has 0 spiro atoms. The predicted molar refractivity (Wildman–Crippen MR) is 91.3 cm³/mol. The second-order valence-corrected chi connectivity index (χ2v) is 6.88. The van der Waals surface area contributed by atoms with Crippen molar-refractivity contribution in [3.05, 3.63) is 52.8 Å². The number of hydrogen-bond donors (Lipinski definition) is 1. The SMILES string of the molecule is CC(C)Cc1nnc(NCc2cnnn2Cc2ccccc2)s1. The fraction of sp³-hybridized carbons (Fsp3) is 0.375. The molecule has 6 nitrogen and oxygen atoms in total. The van der Waals surface area contributed by atoms with Crippen molar-refractivity contribution in [2.45, 2.75) is 33.4 Å². The van der Waals surface area contributed by atoms with Crippen LogP contribution in [-0.4, -0.2) is 25.2 Å². The molecule has 0 amide bonds. The summed E-state index contributed by atoms with van der Waals surface area (Å²) in [5, 5.41) is 21.8. The van der Waals surface area contributed by atoms with Gasteiger partial charge in [0.25, 0.3) is 0 Å². The lowest BCUT2D eigenvalue weighted by Crippen LogP contribution is -2.10. The van der Waals surface area contributed by atoms with Crippen LogP contribution in [0.1, 0.15) is 30.1 Å². The average molecular weight is 328 g/mol. The molecule has 3 aromatic rings. The zero-order chi connectivity index (χ0) is 16.1. The maximum absolute atomic E-state index is 4.21. The first kappa shape index (κ1) is 15.6. The monoisotopic (exact) mass is 328 g/mol. The third kappa shape index (κ3) is 4.35. The van der Waals surface area contributed by atoms with E-state index in [0.717, 1.165) is 22.3 Å². The molecule has 120 valence electrons. The summed E-state index contributed by atoms with van der Waals surface area (Å²) in [7, 11) is 0. The molecule has 0 aliphatic heterocycles. The lowest BCUT2D eigenvalue weighted by molar-refractivity contribution is 0.623. The van der Waals surface area contributed by atoms with Crippen molar-refractivity contribution >= 4 is 16.5 Å². The van der Waals surface area contributed by atoms with Crippen molar-refractivity contribution in [3.63, 3.8) is 0 Å². The van der Waals surface area contributed by atoms with Crippen molar-refractivity contribution in [2.24, 2.45) is 5.92 Å². The van der Waals surface area contributed by atoms with Gasteiger partial charge in [-0.2, -0.15) is 0 Å². The molecule has 2 heterocycles. The highest BCUT2D eigenvalue weighted by Crippen LogP contribution is 2.19. The minimum Gasteiger partial charge on any atom is -0.354 e. The van der Waals surface area contributed by atoms with Crippen LogP contribution in [0.15, 0.2) is 36.5 Å². The summed E-state index contributed by atoms with van der Waals surface area (Å²) in [5.74, 6) is 0.590. The van der Waals surface area contributed by atoms with Crippen molar-refractivity contribution in [1.82, 2.24) is 25.2 Å². The minimum absolute atomic E-state index is 0.590. The van der Waals surface area contributed by atoms with Gasteiger partial charge in [0, 0.05) is 6.42 Å². The summed E-state index contributed by atoms with van der Waals surface area (Å²) in [6.45, 7) is 5.72. The third-order valence-electron chi connectivity index (χ3n) is 3.34. The van der Waals surface area contributed by atoms with Gasteiger partial charge in [-0.05, 0) is 11.5 Å². The summed E-state index contributed by atoms with van der Waals surface area (Å²) in [4.78, 5) is 0. The van der Waals surface area contributed by atoms with Gasteiger partial charge in [0.15, 0.2) is 0 Å². The van der Waals surface area contributed by atoms with E-state index in [1.165, 1.54) is 5.56 Å². The Kier molecular flexibility index (Phi) is 4.97. The maximum atomic E-state index is 4.21. The predicted octanol–water partition coefficient (Wildman–Crippen LogP) is 2.99. The Labute approximate surface area is 139 Å². The van der Waals surface area contributed by atoms with E-state index in [1.54, 1.807) is 17.5 Å². The van der Waals surface area contributed by atoms with Crippen molar-refractivity contribution in [1.29, 1.82) is 0 Å². The van der Waals surface area contributed by atoms with Crippen LogP contribution in [0.3, 0.4) is 0 Å². The lowest BCUT2D eigenvalue weighted by atomic mass is 10.1. The molecule has 3 rings (SSSR count). The zero-order valence-electron chi connectivity index (χ0n) is 13.3. The summed E-state index contributed by atoms with van der Waals surface area (Å²) < 4.78 is 1.90. The Morgan fingerprint density at radius 2 is 2.00 bits per heavy atom. The van der Waals surface area contributed by atoms with Crippen LogP contribution in [0.4, 0.5) is 5.13 Å². The second kappa shape index (κ2) is 7.32. The van der Waals surface area contributed by atoms with Gasteiger partial charge in [0.1, 0.15) is 5.01 Å². The summed E-state index contributed by atoms with van der Waals surface area (Å²) in [5.41, 5.74) is 2.23. The average Bonchev–Trinajstić information content (AvgIpc) is 3.15. The fourth-order valence-electron chi connectivity index (χ4n) is 2.23. The number of rotatable bonds is 7. The van der Waals surface area contributed by atoms with Crippen LogP contribution in [0.25, 0.3) is 0 Å². The Hall–Kier alpha value is -2.28. The minimum atomic E-state index is 0.590. The molecule has 0 atom stereocenters. The van der Waals surface area contributed by atoms with Crippen LogP contribution >= 0.6 is 11.3 Å². The summed E-state index contributed by atoms with van der Waals surface area (Å²) in [6, 6.07) is 10.2. The third-order valence-corrected chi connectivity index (χ3v) is 4.25. The quantitative estimate of drug-likeness (QED) is 0.722. The van der Waals surface area contributed by atoms with E-state index >= 15 is 0 Å². The van der Waals surface area contributed by atoms with Gasteiger partial charge in [-0.3, -0.25) is 0 Å². The number of anilines is 1. The first-order valence-corrected chi connectivity index (χ1v) is 8.50. The van der Waals surface area contributed by atoms with Gasteiger partial charge in [0.05, 0.1) is 25.0 Å². The van der Waals surface area contributed by atoms with E-state index in [4.69, 9.17) is 0 Å². The largest absolute Gasteiger partial charge is 0.354 e. The topological polar surface area (TPSA) is 68.5 Å². The molecule has 0 aliphatic rings. The Bertz CT molecular complexity index is 734.